The van der Waals surface area contributed by atoms with Crippen LogP contribution in [-0.2, 0) is 9.47 Å². The van der Waals surface area contributed by atoms with Crippen LogP contribution in [0.3, 0.4) is 0 Å². The molecule has 1 heterocycles. The second kappa shape index (κ2) is 8.30. The number of hydrogen-bond acceptors (Lipinski definition) is 3. The van der Waals surface area contributed by atoms with E-state index >= 15 is 0 Å². The molecule has 0 saturated carbocycles. The zero-order valence-electron chi connectivity index (χ0n) is 11.3. The monoisotopic (exact) mass is 263 g/mol. The summed E-state index contributed by atoms with van der Waals surface area (Å²) in [5, 5.41) is 0. The average Bonchev–Trinajstić information content (AvgIpc) is 2.30. The summed E-state index contributed by atoms with van der Waals surface area (Å²) in [6, 6.07) is 0.475. The van der Waals surface area contributed by atoms with Crippen molar-refractivity contribution >= 4 is 11.6 Å². The van der Waals surface area contributed by atoms with Gasteiger partial charge in [0.05, 0.1) is 19.3 Å². The molecule has 102 valence electrons. The Kier molecular flexibility index (Phi) is 7.44. The molecular formula is C13H26ClNO2. The first-order valence-electron chi connectivity index (χ1n) is 6.62. The van der Waals surface area contributed by atoms with E-state index in [2.05, 4.69) is 25.7 Å². The molecule has 1 aliphatic rings. The second-order valence-corrected chi connectivity index (χ2v) is 5.56. The van der Waals surface area contributed by atoms with E-state index in [4.69, 9.17) is 21.1 Å². The number of ether oxygens (including phenoxy) is 2. The Hall–Kier alpha value is 0.170. The fraction of sp³-hybridized carbons (Fsp3) is 1.00. The van der Waals surface area contributed by atoms with E-state index in [-0.39, 0.29) is 6.10 Å². The van der Waals surface area contributed by atoms with Crippen molar-refractivity contribution in [3.63, 3.8) is 0 Å². The van der Waals surface area contributed by atoms with E-state index < -0.39 is 0 Å². The molecule has 0 spiro atoms. The van der Waals surface area contributed by atoms with Crippen LogP contribution < -0.4 is 0 Å². The third-order valence-electron chi connectivity index (χ3n) is 3.17. The fourth-order valence-electron chi connectivity index (χ4n) is 1.88. The molecule has 1 saturated heterocycles. The number of alkyl halides is 1. The minimum absolute atomic E-state index is 0.184. The Labute approximate surface area is 110 Å². The summed E-state index contributed by atoms with van der Waals surface area (Å²) < 4.78 is 11.3. The molecule has 3 nitrogen and oxygen atoms in total. The molecule has 2 unspecified atom stereocenters. The van der Waals surface area contributed by atoms with Gasteiger partial charge in [-0.05, 0) is 19.3 Å². The van der Waals surface area contributed by atoms with Crippen LogP contribution in [0.2, 0.25) is 0 Å². The summed E-state index contributed by atoms with van der Waals surface area (Å²) in [5.41, 5.74) is 0. The van der Waals surface area contributed by atoms with Crippen molar-refractivity contribution < 1.29 is 9.47 Å². The number of halogens is 1. The summed E-state index contributed by atoms with van der Waals surface area (Å²) in [5.74, 6) is 1.30. The van der Waals surface area contributed by atoms with Crippen molar-refractivity contribution in [1.82, 2.24) is 4.90 Å². The van der Waals surface area contributed by atoms with Gasteiger partial charge in [-0.25, -0.2) is 0 Å². The van der Waals surface area contributed by atoms with E-state index in [9.17, 15) is 0 Å². The smallest absolute Gasteiger partial charge is 0.0837 e. The van der Waals surface area contributed by atoms with Gasteiger partial charge in [0.25, 0.3) is 0 Å². The topological polar surface area (TPSA) is 21.7 Å². The van der Waals surface area contributed by atoms with Crippen LogP contribution in [0.4, 0.5) is 0 Å². The molecule has 0 aromatic heterocycles. The summed E-state index contributed by atoms with van der Waals surface area (Å²) in [4.78, 5) is 2.41. The lowest BCUT2D eigenvalue weighted by atomic mass is 10.1. The number of nitrogens with zero attached hydrogens (tertiary/aromatic N) is 1. The summed E-state index contributed by atoms with van der Waals surface area (Å²) in [7, 11) is 0. The lowest BCUT2D eigenvalue weighted by Gasteiger charge is -2.37. The largest absolute Gasteiger partial charge is 0.380 e. The third-order valence-corrected chi connectivity index (χ3v) is 3.51. The average molecular weight is 264 g/mol. The molecule has 0 aromatic rings. The van der Waals surface area contributed by atoms with Crippen LogP contribution in [0.5, 0.6) is 0 Å². The van der Waals surface area contributed by atoms with Gasteiger partial charge in [0.2, 0.25) is 0 Å². The molecule has 0 amide bonds. The van der Waals surface area contributed by atoms with E-state index in [0.717, 1.165) is 45.2 Å². The molecule has 0 radical (unpaired) electrons. The van der Waals surface area contributed by atoms with Gasteiger partial charge in [0, 0.05) is 31.6 Å². The SMILES string of the molecule is CC(C)CCOCCN1CC(CCl)OCC1C. The molecule has 2 atom stereocenters. The predicted octanol–water partition coefficient (Wildman–Crippen LogP) is 2.38. The highest BCUT2D eigenvalue weighted by molar-refractivity contribution is 6.18. The van der Waals surface area contributed by atoms with E-state index in [1.54, 1.807) is 0 Å². The zero-order valence-corrected chi connectivity index (χ0v) is 12.1. The van der Waals surface area contributed by atoms with E-state index in [1.807, 2.05) is 0 Å². The molecule has 0 aliphatic carbocycles. The minimum atomic E-state index is 0.184. The van der Waals surface area contributed by atoms with Crippen molar-refractivity contribution in [2.45, 2.75) is 39.3 Å². The summed E-state index contributed by atoms with van der Waals surface area (Å²) >= 11 is 5.83. The molecule has 1 rings (SSSR count). The number of morpholine rings is 1. The maximum atomic E-state index is 5.83. The van der Waals surface area contributed by atoms with Gasteiger partial charge in [0.15, 0.2) is 0 Å². The van der Waals surface area contributed by atoms with Crippen molar-refractivity contribution in [2.75, 3.05) is 38.8 Å². The Morgan fingerprint density at radius 1 is 1.41 bits per heavy atom. The molecule has 0 aromatic carbocycles. The fourth-order valence-corrected chi connectivity index (χ4v) is 2.07. The number of hydrogen-bond donors (Lipinski definition) is 0. The first-order chi connectivity index (χ1) is 8.13. The van der Waals surface area contributed by atoms with Crippen LogP contribution >= 0.6 is 11.6 Å². The highest BCUT2D eigenvalue weighted by atomic mass is 35.5. The first-order valence-corrected chi connectivity index (χ1v) is 7.16. The zero-order chi connectivity index (χ0) is 12.7. The van der Waals surface area contributed by atoms with Crippen LogP contribution in [0.15, 0.2) is 0 Å². The van der Waals surface area contributed by atoms with Gasteiger partial charge in [-0.1, -0.05) is 13.8 Å². The quantitative estimate of drug-likeness (QED) is 0.520. The second-order valence-electron chi connectivity index (χ2n) is 5.25. The van der Waals surface area contributed by atoms with Gasteiger partial charge in [-0.15, -0.1) is 11.6 Å². The lowest BCUT2D eigenvalue weighted by Crippen LogP contribution is -2.49. The predicted molar refractivity (Wildman–Crippen MR) is 71.8 cm³/mol. The molecular weight excluding hydrogens is 238 g/mol. The van der Waals surface area contributed by atoms with Crippen LogP contribution in [0, 0.1) is 5.92 Å². The Balaban J connectivity index is 2.12. The van der Waals surface area contributed by atoms with Crippen LogP contribution in [-0.4, -0.2) is 55.8 Å². The normalized spacial score (nSPS) is 26.6. The molecule has 0 N–H and O–H groups in total. The highest BCUT2D eigenvalue weighted by Gasteiger charge is 2.24. The van der Waals surface area contributed by atoms with Gasteiger partial charge in [-0.2, -0.15) is 0 Å². The molecule has 0 bridgehead atoms. The molecule has 4 heteroatoms. The Morgan fingerprint density at radius 2 is 2.18 bits per heavy atom. The van der Waals surface area contributed by atoms with Crippen molar-refractivity contribution in [1.29, 1.82) is 0 Å². The van der Waals surface area contributed by atoms with Crippen LogP contribution in [0.25, 0.3) is 0 Å². The Bertz CT molecular complexity index is 202. The summed E-state index contributed by atoms with van der Waals surface area (Å²) in [6.07, 6.45) is 1.33. The maximum Gasteiger partial charge on any atom is 0.0837 e. The van der Waals surface area contributed by atoms with E-state index in [0.29, 0.717) is 11.9 Å². The maximum absolute atomic E-state index is 5.83. The standard InChI is InChI=1S/C13H26ClNO2/c1-11(2)4-6-16-7-5-15-9-13(8-14)17-10-12(15)3/h11-13H,4-10H2,1-3H3. The first kappa shape index (κ1) is 15.2. The van der Waals surface area contributed by atoms with Gasteiger partial charge in [-0.3, -0.25) is 4.90 Å². The van der Waals surface area contributed by atoms with Crippen molar-refractivity contribution in [3.05, 3.63) is 0 Å². The van der Waals surface area contributed by atoms with Crippen molar-refractivity contribution in [2.24, 2.45) is 5.92 Å². The van der Waals surface area contributed by atoms with Gasteiger partial charge < -0.3 is 9.47 Å². The molecule has 1 aliphatic heterocycles. The van der Waals surface area contributed by atoms with Gasteiger partial charge in [0.1, 0.15) is 0 Å². The molecule has 1 fully saturated rings. The highest BCUT2D eigenvalue weighted by Crippen LogP contribution is 2.12. The minimum Gasteiger partial charge on any atom is -0.380 e. The van der Waals surface area contributed by atoms with Crippen LogP contribution in [0.1, 0.15) is 27.2 Å². The van der Waals surface area contributed by atoms with E-state index in [1.165, 1.54) is 0 Å². The van der Waals surface area contributed by atoms with Crippen molar-refractivity contribution in [3.8, 4) is 0 Å². The third kappa shape index (κ3) is 6.05. The Morgan fingerprint density at radius 3 is 2.82 bits per heavy atom. The number of rotatable bonds is 7. The summed E-state index contributed by atoms with van der Waals surface area (Å²) in [6.45, 7) is 11.0. The van der Waals surface area contributed by atoms with Gasteiger partial charge >= 0.3 is 0 Å². The molecule has 17 heavy (non-hydrogen) atoms. The lowest BCUT2D eigenvalue weighted by molar-refractivity contribution is -0.0557.